The summed E-state index contributed by atoms with van der Waals surface area (Å²) in [6.45, 7) is 4.94. The minimum atomic E-state index is -3.78. The summed E-state index contributed by atoms with van der Waals surface area (Å²) < 4.78 is 39.8. The summed E-state index contributed by atoms with van der Waals surface area (Å²) in [6.07, 6.45) is 4.78. The molecule has 1 fully saturated rings. The van der Waals surface area contributed by atoms with Gasteiger partial charge in [-0.25, -0.2) is 8.42 Å². The molecule has 1 N–H and O–H groups in total. The zero-order valence-electron chi connectivity index (χ0n) is 20.5. The second kappa shape index (κ2) is 11.6. The Balaban J connectivity index is 1.41. The number of hydrogen-bond donors (Lipinski definition) is 1. The second-order valence-electron chi connectivity index (χ2n) is 8.97. The van der Waals surface area contributed by atoms with E-state index in [9.17, 15) is 13.2 Å². The fraction of sp³-hybridized carbons (Fsp3) is 0.333. The molecule has 1 amide bonds. The maximum atomic E-state index is 13.4. The molecule has 1 aliphatic rings. The van der Waals surface area contributed by atoms with Gasteiger partial charge in [-0.2, -0.15) is 4.31 Å². The van der Waals surface area contributed by atoms with E-state index < -0.39 is 10.0 Å². The van der Waals surface area contributed by atoms with Crippen LogP contribution < -0.4 is 10.1 Å². The Morgan fingerprint density at radius 2 is 1.94 bits per heavy atom. The van der Waals surface area contributed by atoms with Crippen LogP contribution in [0.25, 0.3) is 0 Å². The molecule has 0 saturated carbocycles. The van der Waals surface area contributed by atoms with E-state index >= 15 is 0 Å². The van der Waals surface area contributed by atoms with Gasteiger partial charge >= 0.3 is 0 Å². The first-order valence-corrected chi connectivity index (χ1v) is 13.4. The molecular weight excluding hydrogens is 478 g/mol. The molecule has 0 bridgehead atoms. The van der Waals surface area contributed by atoms with E-state index in [1.165, 1.54) is 16.4 Å². The Kier molecular flexibility index (Phi) is 8.35. The van der Waals surface area contributed by atoms with Crippen LogP contribution in [0.2, 0.25) is 0 Å². The number of carbonyl (C=O) groups excluding carboxylic acids is 1. The normalized spacial score (nSPS) is 16.6. The zero-order valence-corrected chi connectivity index (χ0v) is 21.3. The van der Waals surface area contributed by atoms with Gasteiger partial charge in [-0.15, -0.1) is 0 Å². The van der Waals surface area contributed by atoms with Crippen molar-refractivity contribution in [3.8, 4) is 5.75 Å². The van der Waals surface area contributed by atoms with Crippen molar-refractivity contribution in [1.29, 1.82) is 0 Å². The van der Waals surface area contributed by atoms with Crippen LogP contribution >= 0.6 is 0 Å². The van der Waals surface area contributed by atoms with Gasteiger partial charge in [-0.1, -0.05) is 12.1 Å². The lowest BCUT2D eigenvalue weighted by atomic mass is 10.1. The number of anilines is 1. The molecule has 1 unspecified atom stereocenters. The summed E-state index contributed by atoms with van der Waals surface area (Å²) in [6, 6.07) is 16.9. The predicted octanol–water partition coefficient (Wildman–Crippen LogP) is 4.49. The summed E-state index contributed by atoms with van der Waals surface area (Å²) in [4.78, 5) is 17.0. The molecule has 36 heavy (non-hydrogen) atoms. The number of pyridine rings is 1. The zero-order chi connectivity index (χ0) is 25.5. The first-order valence-electron chi connectivity index (χ1n) is 12.0. The third-order valence-corrected chi connectivity index (χ3v) is 7.63. The second-order valence-corrected chi connectivity index (χ2v) is 10.9. The number of aromatic nitrogens is 1. The van der Waals surface area contributed by atoms with Crippen LogP contribution in [0.5, 0.6) is 5.75 Å². The molecule has 1 aliphatic heterocycles. The van der Waals surface area contributed by atoms with Crippen molar-refractivity contribution in [2.24, 2.45) is 0 Å². The lowest BCUT2D eigenvalue weighted by molar-refractivity contribution is 0.00800. The van der Waals surface area contributed by atoms with Crippen LogP contribution in [-0.2, 0) is 21.4 Å². The summed E-state index contributed by atoms with van der Waals surface area (Å²) in [7, 11) is -3.78. The number of amides is 1. The van der Waals surface area contributed by atoms with E-state index in [4.69, 9.17) is 9.47 Å². The molecule has 190 valence electrons. The lowest BCUT2D eigenvalue weighted by Gasteiger charge is -2.32. The predicted molar refractivity (Wildman–Crippen MR) is 137 cm³/mol. The number of ether oxygens (including phenoxy) is 2. The number of carbonyl (C=O) groups is 1. The van der Waals surface area contributed by atoms with Crippen molar-refractivity contribution in [1.82, 2.24) is 9.29 Å². The first-order chi connectivity index (χ1) is 17.3. The highest BCUT2D eigenvalue weighted by Gasteiger charge is 2.31. The number of rotatable bonds is 9. The molecule has 9 heteroatoms. The highest BCUT2D eigenvalue weighted by Crippen LogP contribution is 2.24. The third-order valence-electron chi connectivity index (χ3n) is 5.77. The number of nitrogens with zero attached hydrogens (tertiary/aromatic N) is 2. The number of benzene rings is 2. The van der Waals surface area contributed by atoms with Gasteiger partial charge in [0.1, 0.15) is 5.75 Å². The van der Waals surface area contributed by atoms with Gasteiger partial charge in [0.25, 0.3) is 5.91 Å². The van der Waals surface area contributed by atoms with Crippen molar-refractivity contribution in [2.45, 2.75) is 50.4 Å². The van der Waals surface area contributed by atoms with Crippen LogP contribution in [0, 0.1) is 0 Å². The quantitative estimate of drug-likeness (QED) is 0.456. The number of piperidine rings is 1. The Morgan fingerprint density at radius 3 is 2.67 bits per heavy atom. The highest BCUT2D eigenvalue weighted by molar-refractivity contribution is 7.89. The summed E-state index contributed by atoms with van der Waals surface area (Å²) in [5, 5.41) is 2.81. The molecule has 2 aromatic carbocycles. The lowest BCUT2D eigenvalue weighted by Crippen LogP contribution is -2.43. The van der Waals surface area contributed by atoms with Crippen molar-refractivity contribution in [3.63, 3.8) is 0 Å². The van der Waals surface area contributed by atoms with Crippen molar-refractivity contribution in [2.75, 3.05) is 18.4 Å². The standard InChI is InChI=1S/C27H31N3O5S/c1-20(2)35-24-12-10-23(11-13-24)29-27(31)22-7-3-9-26(16-22)36(32,33)30-15-5-8-25(18-30)34-19-21-6-4-14-28-17-21/h3-4,6-7,9-14,16-17,20,25H,5,8,15,18-19H2,1-2H3,(H,29,31). The molecular formula is C27H31N3O5S. The van der Waals surface area contributed by atoms with Gasteiger partial charge in [0.2, 0.25) is 10.0 Å². The molecule has 8 nitrogen and oxygen atoms in total. The molecule has 1 aromatic heterocycles. The third kappa shape index (κ3) is 6.69. The minimum absolute atomic E-state index is 0.0537. The van der Waals surface area contributed by atoms with Crippen LogP contribution in [0.15, 0.2) is 78.0 Å². The molecule has 4 rings (SSSR count). The average Bonchev–Trinajstić information content (AvgIpc) is 2.89. The fourth-order valence-corrected chi connectivity index (χ4v) is 5.55. The first kappa shape index (κ1) is 25.8. The monoisotopic (exact) mass is 509 g/mol. The molecule has 1 saturated heterocycles. The van der Waals surface area contributed by atoms with Gasteiger partial charge in [0.05, 0.1) is 23.7 Å². The van der Waals surface area contributed by atoms with Gasteiger partial charge in [-0.3, -0.25) is 9.78 Å². The minimum Gasteiger partial charge on any atom is -0.491 e. The SMILES string of the molecule is CC(C)Oc1ccc(NC(=O)c2cccc(S(=O)(=O)N3CCCC(OCc4cccnc4)C3)c2)cc1. The van der Waals surface area contributed by atoms with E-state index in [0.29, 0.717) is 31.0 Å². The van der Waals surface area contributed by atoms with Gasteiger partial charge < -0.3 is 14.8 Å². The smallest absolute Gasteiger partial charge is 0.255 e. The van der Waals surface area contributed by atoms with E-state index in [1.807, 2.05) is 26.0 Å². The average molecular weight is 510 g/mol. The highest BCUT2D eigenvalue weighted by atomic mass is 32.2. The fourth-order valence-electron chi connectivity index (χ4n) is 4.00. The summed E-state index contributed by atoms with van der Waals surface area (Å²) in [5.41, 5.74) is 1.80. The van der Waals surface area contributed by atoms with Crippen molar-refractivity contribution >= 4 is 21.6 Å². The maximum Gasteiger partial charge on any atom is 0.255 e. The van der Waals surface area contributed by atoms with E-state index in [1.54, 1.807) is 48.8 Å². The topological polar surface area (TPSA) is 97.8 Å². The molecule has 3 aromatic rings. The van der Waals surface area contributed by atoms with Crippen LogP contribution in [-0.4, -0.2) is 48.9 Å². The van der Waals surface area contributed by atoms with Gasteiger partial charge in [0, 0.05) is 36.7 Å². The Morgan fingerprint density at radius 1 is 1.14 bits per heavy atom. The Labute approximate surface area is 212 Å². The van der Waals surface area contributed by atoms with E-state index in [-0.39, 0.29) is 35.1 Å². The van der Waals surface area contributed by atoms with Gasteiger partial charge in [-0.05, 0) is 80.8 Å². The van der Waals surface area contributed by atoms with E-state index in [2.05, 4.69) is 10.3 Å². The largest absolute Gasteiger partial charge is 0.491 e. The van der Waals surface area contributed by atoms with Crippen LogP contribution in [0.1, 0.15) is 42.6 Å². The van der Waals surface area contributed by atoms with Crippen molar-refractivity contribution < 1.29 is 22.7 Å². The van der Waals surface area contributed by atoms with Crippen LogP contribution in [0.3, 0.4) is 0 Å². The maximum absolute atomic E-state index is 13.4. The molecule has 1 atom stereocenters. The molecule has 0 radical (unpaired) electrons. The number of sulfonamides is 1. The van der Waals surface area contributed by atoms with E-state index in [0.717, 1.165) is 12.0 Å². The number of nitrogens with one attached hydrogen (secondary N) is 1. The number of hydrogen-bond acceptors (Lipinski definition) is 6. The molecule has 0 spiro atoms. The Hall–Kier alpha value is -3.27. The Bertz CT molecular complexity index is 1260. The summed E-state index contributed by atoms with van der Waals surface area (Å²) in [5.74, 6) is 0.321. The molecule has 2 heterocycles. The van der Waals surface area contributed by atoms with Crippen molar-refractivity contribution in [3.05, 3.63) is 84.2 Å². The van der Waals surface area contributed by atoms with Gasteiger partial charge in [0.15, 0.2) is 0 Å². The summed E-state index contributed by atoms with van der Waals surface area (Å²) >= 11 is 0. The molecule has 0 aliphatic carbocycles. The van der Waals surface area contributed by atoms with Crippen LogP contribution in [0.4, 0.5) is 5.69 Å².